The molecule has 4 unspecified atom stereocenters. The lowest BCUT2D eigenvalue weighted by Gasteiger charge is -2.40. The van der Waals surface area contributed by atoms with Crippen LogP contribution < -0.4 is 4.74 Å². The smallest absolute Gasteiger partial charge is 0.338 e. The molecule has 3 aromatic rings. The highest BCUT2D eigenvalue weighted by atomic mass is 35.5. The lowest BCUT2D eigenvalue weighted by atomic mass is 9.91. The van der Waals surface area contributed by atoms with Crippen molar-refractivity contribution in [2.75, 3.05) is 13.2 Å². The van der Waals surface area contributed by atoms with Gasteiger partial charge in [0.05, 0.1) is 18.3 Å². The molecule has 8 nitrogen and oxygen atoms in total. The summed E-state index contributed by atoms with van der Waals surface area (Å²) in [4.78, 5) is 36.7. The second-order valence-corrected chi connectivity index (χ2v) is 10.1. The average Bonchev–Trinajstić information content (AvgIpc) is 2.95. The zero-order chi connectivity index (χ0) is 29.4. The van der Waals surface area contributed by atoms with E-state index in [4.69, 9.17) is 35.3 Å². The second-order valence-electron chi connectivity index (χ2n) is 9.71. The molecule has 0 radical (unpaired) electrons. The van der Waals surface area contributed by atoms with Crippen molar-refractivity contribution >= 4 is 29.5 Å². The summed E-state index contributed by atoms with van der Waals surface area (Å²) in [6, 6.07) is 21.8. The minimum Gasteiger partial charge on any atom is -0.494 e. The lowest BCUT2D eigenvalue weighted by molar-refractivity contribution is -0.212. The number of hydrogen-bond acceptors (Lipinski definition) is 8. The van der Waals surface area contributed by atoms with Gasteiger partial charge in [-0.25, -0.2) is 4.79 Å². The SMILES string of the molecule is CCOc1ccc(Cc2cc(C3OC(COC(=O)c4ccccc4)CC(OC(C)=O)C3OC(C)=O)ccc2Cl)cc1. The van der Waals surface area contributed by atoms with Crippen molar-refractivity contribution in [1.29, 1.82) is 0 Å². The maximum Gasteiger partial charge on any atom is 0.338 e. The van der Waals surface area contributed by atoms with E-state index in [0.717, 1.165) is 16.9 Å². The number of carbonyl (C=O) groups excluding carboxylic acids is 3. The summed E-state index contributed by atoms with van der Waals surface area (Å²) < 4.78 is 28.7. The first kappa shape index (κ1) is 30.1. The minimum absolute atomic E-state index is 0.0819. The Labute approximate surface area is 244 Å². The van der Waals surface area contributed by atoms with Crippen LogP contribution in [0.2, 0.25) is 5.02 Å². The Balaban J connectivity index is 1.60. The standard InChI is InChI=1S/C32H33ClO8/c1-4-37-26-13-10-22(11-14-26)16-25-17-24(12-15-28(25)33)30-31(40-21(3)35)29(39-20(2)34)18-27(41-30)19-38-32(36)23-8-6-5-7-9-23/h5-15,17,27,29-31H,4,16,18-19H2,1-3H3. The van der Waals surface area contributed by atoms with Gasteiger partial charge in [0.2, 0.25) is 0 Å². The molecule has 0 aromatic heterocycles. The molecule has 0 bridgehead atoms. The number of rotatable bonds is 10. The fourth-order valence-electron chi connectivity index (χ4n) is 4.79. The molecule has 1 aliphatic heterocycles. The molecule has 0 N–H and O–H groups in total. The van der Waals surface area contributed by atoms with Crippen molar-refractivity contribution < 1.29 is 38.1 Å². The highest BCUT2D eigenvalue weighted by Crippen LogP contribution is 2.37. The Bertz CT molecular complexity index is 1340. The van der Waals surface area contributed by atoms with E-state index in [0.29, 0.717) is 29.2 Å². The van der Waals surface area contributed by atoms with Gasteiger partial charge in [0.25, 0.3) is 0 Å². The highest BCUT2D eigenvalue weighted by Gasteiger charge is 2.44. The number of carbonyl (C=O) groups is 3. The molecule has 4 atom stereocenters. The number of esters is 3. The fourth-order valence-corrected chi connectivity index (χ4v) is 4.97. The van der Waals surface area contributed by atoms with Crippen LogP contribution in [0.25, 0.3) is 0 Å². The van der Waals surface area contributed by atoms with Gasteiger partial charge in [0.15, 0.2) is 6.10 Å². The Kier molecular flexibility index (Phi) is 10.4. The van der Waals surface area contributed by atoms with Crippen molar-refractivity contribution in [1.82, 2.24) is 0 Å². The zero-order valence-electron chi connectivity index (χ0n) is 23.2. The van der Waals surface area contributed by atoms with E-state index in [-0.39, 0.29) is 13.0 Å². The van der Waals surface area contributed by atoms with Crippen LogP contribution in [0.1, 0.15) is 60.3 Å². The van der Waals surface area contributed by atoms with E-state index in [1.54, 1.807) is 42.5 Å². The van der Waals surface area contributed by atoms with Gasteiger partial charge in [0, 0.05) is 25.3 Å². The van der Waals surface area contributed by atoms with E-state index < -0.39 is 42.3 Å². The van der Waals surface area contributed by atoms with Crippen molar-refractivity contribution in [3.05, 3.63) is 100 Å². The largest absolute Gasteiger partial charge is 0.494 e. The van der Waals surface area contributed by atoms with Crippen LogP contribution in [0, 0.1) is 0 Å². The first-order chi connectivity index (χ1) is 19.7. The summed E-state index contributed by atoms with van der Waals surface area (Å²) >= 11 is 6.58. The Morgan fingerprint density at radius 2 is 1.63 bits per heavy atom. The molecule has 0 aliphatic carbocycles. The number of hydrogen-bond donors (Lipinski definition) is 0. The molecule has 216 valence electrons. The molecule has 1 saturated heterocycles. The maximum atomic E-state index is 12.6. The van der Waals surface area contributed by atoms with Crippen LogP contribution in [0.4, 0.5) is 0 Å². The Hall–Kier alpha value is -3.88. The molecule has 4 rings (SSSR count). The maximum absolute atomic E-state index is 12.6. The monoisotopic (exact) mass is 580 g/mol. The molecular formula is C32H33ClO8. The summed E-state index contributed by atoms with van der Waals surface area (Å²) in [5.74, 6) is -0.786. The van der Waals surface area contributed by atoms with Crippen LogP contribution >= 0.6 is 11.6 Å². The van der Waals surface area contributed by atoms with Gasteiger partial charge >= 0.3 is 17.9 Å². The molecule has 3 aromatic carbocycles. The highest BCUT2D eigenvalue weighted by molar-refractivity contribution is 6.31. The first-order valence-corrected chi connectivity index (χ1v) is 13.8. The van der Waals surface area contributed by atoms with Crippen LogP contribution in [-0.4, -0.2) is 49.4 Å². The zero-order valence-corrected chi connectivity index (χ0v) is 24.0. The van der Waals surface area contributed by atoms with Crippen molar-refractivity contribution in [2.45, 2.75) is 58.0 Å². The van der Waals surface area contributed by atoms with E-state index in [9.17, 15) is 14.4 Å². The summed E-state index contributed by atoms with van der Waals surface area (Å²) in [6.45, 7) is 5.01. The third-order valence-electron chi connectivity index (χ3n) is 6.56. The van der Waals surface area contributed by atoms with E-state index in [1.165, 1.54) is 13.8 Å². The molecule has 0 amide bonds. The van der Waals surface area contributed by atoms with Gasteiger partial charge in [-0.2, -0.15) is 0 Å². The molecule has 9 heteroatoms. The van der Waals surface area contributed by atoms with Gasteiger partial charge in [-0.15, -0.1) is 0 Å². The average molecular weight is 581 g/mol. The predicted molar refractivity (Wildman–Crippen MR) is 152 cm³/mol. The van der Waals surface area contributed by atoms with Crippen LogP contribution in [-0.2, 0) is 35.0 Å². The summed E-state index contributed by atoms with van der Waals surface area (Å²) in [7, 11) is 0. The van der Waals surface area contributed by atoms with E-state index in [2.05, 4.69) is 0 Å². The lowest BCUT2D eigenvalue weighted by Crippen LogP contribution is -2.49. The summed E-state index contributed by atoms with van der Waals surface area (Å²) in [5.41, 5.74) is 2.95. The van der Waals surface area contributed by atoms with Gasteiger partial charge in [-0.1, -0.05) is 54.1 Å². The van der Waals surface area contributed by atoms with E-state index in [1.807, 2.05) is 37.3 Å². The number of benzene rings is 3. The molecule has 41 heavy (non-hydrogen) atoms. The van der Waals surface area contributed by atoms with Crippen molar-refractivity contribution in [2.24, 2.45) is 0 Å². The van der Waals surface area contributed by atoms with Gasteiger partial charge in [0.1, 0.15) is 24.6 Å². The Morgan fingerprint density at radius 1 is 0.927 bits per heavy atom. The third kappa shape index (κ3) is 8.31. The molecular weight excluding hydrogens is 548 g/mol. The summed E-state index contributed by atoms with van der Waals surface area (Å²) in [6.07, 6.45) is -2.47. The van der Waals surface area contributed by atoms with Gasteiger partial charge in [-0.05, 0) is 60.4 Å². The normalized spacial score (nSPS) is 20.1. The van der Waals surface area contributed by atoms with Crippen LogP contribution in [0.5, 0.6) is 5.75 Å². The second kappa shape index (κ2) is 14.1. The molecule has 0 spiro atoms. The topological polar surface area (TPSA) is 97.4 Å². The summed E-state index contributed by atoms with van der Waals surface area (Å²) in [5, 5.41) is 0.562. The molecule has 1 aliphatic rings. The quantitative estimate of drug-likeness (QED) is 0.217. The number of ether oxygens (including phenoxy) is 5. The van der Waals surface area contributed by atoms with Crippen molar-refractivity contribution in [3.63, 3.8) is 0 Å². The first-order valence-electron chi connectivity index (χ1n) is 13.5. The van der Waals surface area contributed by atoms with Crippen molar-refractivity contribution in [3.8, 4) is 5.75 Å². The molecule has 1 fully saturated rings. The predicted octanol–water partition coefficient (Wildman–Crippen LogP) is 5.88. The minimum atomic E-state index is -0.919. The molecule has 0 saturated carbocycles. The van der Waals surface area contributed by atoms with Gasteiger partial charge < -0.3 is 23.7 Å². The van der Waals surface area contributed by atoms with Crippen LogP contribution in [0.15, 0.2) is 72.8 Å². The Morgan fingerprint density at radius 3 is 2.29 bits per heavy atom. The number of halogens is 1. The van der Waals surface area contributed by atoms with E-state index >= 15 is 0 Å². The fraction of sp³-hybridized carbons (Fsp3) is 0.344. The third-order valence-corrected chi connectivity index (χ3v) is 6.92. The van der Waals surface area contributed by atoms with Crippen LogP contribution in [0.3, 0.4) is 0 Å². The van der Waals surface area contributed by atoms with Gasteiger partial charge in [-0.3, -0.25) is 9.59 Å². The molecule has 1 heterocycles.